The lowest BCUT2D eigenvalue weighted by Crippen LogP contribution is -2.52. The quantitative estimate of drug-likeness (QED) is 0.786. The Morgan fingerprint density at radius 1 is 1.32 bits per heavy atom. The third-order valence-corrected chi connectivity index (χ3v) is 4.05. The fourth-order valence-electron chi connectivity index (χ4n) is 2.66. The molecular weight excluding hydrogens is 335 g/mol. The number of alkyl halides is 3. The van der Waals surface area contributed by atoms with E-state index >= 15 is 0 Å². The van der Waals surface area contributed by atoms with Crippen molar-refractivity contribution in [2.75, 3.05) is 39.8 Å². The van der Waals surface area contributed by atoms with Crippen molar-refractivity contribution in [1.29, 1.82) is 0 Å². The molecule has 1 amide bonds. The maximum absolute atomic E-state index is 13.4. The molecule has 2 aliphatic heterocycles. The maximum atomic E-state index is 13.4. The van der Waals surface area contributed by atoms with E-state index in [2.05, 4.69) is 15.6 Å². The van der Waals surface area contributed by atoms with Gasteiger partial charge < -0.3 is 20.4 Å². The molecule has 0 aromatic carbocycles. The summed E-state index contributed by atoms with van der Waals surface area (Å²) in [5, 5.41) is 6.24. The topological polar surface area (TPSA) is 60.0 Å². The van der Waals surface area contributed by atoms with Crippen LogP contribution in [0.2, 0.25) is 0 Å². The summed E-state index contributed by atoms with van der Waals surface area (Å²) in [5.74, 6) is -0.388. The van der Waals surface area contributed by atoms with Crippen molar-refractivity contribution >= 4 is 11.6 Å². The number of carbonyl (C=O) groups is 1. The Morgan fingerprint density at radius 2 is 1.92 bits per heavy atom. The lowest BCUT2D eigenvalue weighted by Gasteiger charge is -2.37. The van der Waals surface area contributed by atoms with Gasteiger partial charge in [0.25, 0.3) is 5.91 Å². The molecule has 0 bridgehead atoms. The monoisotopic (exact) mass is 361 g/mol. The largest absolute Gasteiger partial charge is 0.429 e. The van der Waals surface area contributed by atoms with Gasteiger partial charge in [-0.15, -0.1) is 0 Å². The molecule has 1 atom stereocenters. The van der Waals surface area contributed by atoms with Crippen molar-refractivity contribution in [3.8, 4) is 0 Å². The molecule has 1 saturated heterocycles. The van der Waals surface area contributed by atoms with Gasteiger partial charge in [0, 0.05) is 45.3 Å². The molecule has 0 aliphatic carbocycles. The SMILES string of the molecule is CN1C(C(=O)N2CCNCC2)=CC(CNC(C)(C)C)=NC1C(F)(F)F. The second-order valence-corrected chi connectivity index (χ2v) is 7.32. The molecular formula is C16H26F3N5O. The number of likely N-dealkylation sites (N-methyl/N-ethyl adjacent to an activating group) is 1. The van der Waals surface area contributed by atoms with Gasteiger partial charge in [0.2, 0.25) is 6.17 Å². The van der Waals surface area contributed by atoms with Crippen LogP contribution < -0.4 is 10.6 Å². The lowest BCUT2D eigenvalue weighted by molar-refractivity contribution is -0.175. The highest BCUT2D eigenvalue weighted by Crippen LogP contribution is 2.30. The maximum Gasteiger partial charge on any atom is 0.429 e. The minimum absolute atomic E-state index is 0.0323. The number of hydrogen-bond acceptors (Lipinski definition) is 5. The van der Waals surface area contributed by atoms with Crippen LogP contribution in [0, 0.1) is 0 Å². The van der Waals surface area contributed by atoms with Gasteiger partial charge in [-0.25, -0.2) is 0 Å². The molecule has 0 radical (unpaired) electrons. The lowest BCUT2D eigenvalue weighted by atomic mass is 10.1. The average Bonchev–Trinajstić information content (AvgIpc) is 2.52. The van der Waals surface area contributed by atoms with Crippen molar-refractivity contribution in [3.05, 3.63) is 11.8 Å². The predicted molar refractivity (Wildman–Crippen MR) is 90.3 cm³/mol. The zero-order chi connectivity index (χ0) is 18.8. The Hall–Kier alpha value is -1.61. The predicted octanol–water partition coefficient (Wildman–Crippen LogP) is 0.965. The summed E-state index contributed by atoms with van der Waals surface area (Å²) < 4.78 is 40.2. The number of carbonyl (C=O) groups excluding carboxylic acids is 1. The molecule has 9 heteroatoms. The fraction of sp³-hybridized carbons (Fsp3) is 0.750. The first-order valence-corrected chi connectivity index (χ1v) is 8.32. The van der Waals surface area contributed by atoms with E-state index in [1.807, 2.05) is 20.8 Å². The molecule has 0 spiro atoms. The van der Waals surface area contributed by atoms with Crippen molar-refractivity contribution < 1.29 is 18.0 Å². The highest BCUT2D eigenvalue weighted by Gasteiger charge is 2.46. The molecule has 2 aliphatic rings. The Bertz CT molecular complexity index is 559. The zero-order valence-electron chi connectivity index (χ0n) is 15.1. The fourth-order valence-corrected chi connectivity index (χ4v) is 2.66. The summed E-state index contributed by atoms with van der Waals surface area (Å²) in [6, 6.07) is 0. The Balaban J connectivity index is 2.26. The molecule has 0 aromatic heterocycles. The van der Waals surface area contributed by atoms with Crippen LogP contribution in [0.3, 0.4) is 0 Å². The summed E-state index contributed by atoms with van der Waals surface area (Å²) in [5.41, 5.74) is -0.00496. The van der Waals surface area contributed by atoms with E-state index in [1.54, 1.807) is 4.90 Å². The first-order chi connectivity index (χ1) is 11.5. The molecule has 1 fully saturated rings. The van der Waals surface area contributed by atoms with Crippen molar-refractivity contribution in [2.24, 2.45) is 4.99 Å². The van der Waals surface area contributed by atoms with Crippen LogP contribution in [0.4, 0.5) is 13.2 Å². The third kappa shape index (κ3) is 5.18. The number of aliphatic imine (C=N–C) groups is 1. The van der Waals surface area contributed by atoms with Crippen molar-refractivity contribution in [1.82, 2.24) is 20.4 Å². The Kier molecular flexibility index (Phi) is 5.78. The van der Waals surface area contributed by atoms with E-state index in [0.717, 1.165) is 4.90 Å². The van der Waals surface area contributed by atoms with Crippen LogP contribution in [-0.4, -0.2) is 79.1 Å². The average molecular weight is 361 g/mol. The van der Waals surface area contributed by atoms with Gasteiger partial charge >= 0.3 is 6.18 Å². The van der Waals surface area contributed by atoms with Gasteiger partial charge in [0.05, 0.1) is 5.71 Å². The molecule has 2 rings (SSSR count). The second kappa shape index (κ2) is 7.33. The standard InChI is InChI=1S/C16H26F3N5O/c1-15(2,3)21-10-11-9-12(13(25)24-7-5-20-6-8-24)23(4)14(22-11)16(17,18)19/h9,14,20-21H,5-8,10H2,1-4H3. The van der Waals surface area contributed by atoms with Crippen LogP contribution in [0.5, 0.6) is 0 Å². The summed E-state index contributed by atoms with van der Waals surface area (Å²) in [6.45, 7) is 8.15. The molecule has 0 aromatic rings. The number of nitrogens with one attached hydrogen (secondary N) is 2. The minimum atomic E-state index is -4.55. The number of amides is 1. The highest BCUT2D eigenvalue weighted by atomic mass is 19.4. The van der Waals surface area contributed by atoms with Crippen LogP contribution in [0.1, 0.15) is 20.8 Å². The number of rotatable bonds is 3. The summed E-state index contributed by atoms with van der Waals surface area (Å²) in [7, 11) is 1.27. The molecule has 1 unspecified atom stereocenters. The second-order valence-electron chi connectivity index (χ2n) is 7.32. The van der Waals surface area contributed by atoms with Gasteiger partial charge in [-0.3, -0.25) is 9.79 Å². The first kappa shape index (κ1) is 19.7. The van der Waals surface area contributed by atoms with Crippen molar-refractivity contribution in [2.45, 2.75) is 38.7 Å². The molecule has 25 heavy (non-hydrogen) atoms. The third-order valence-electron chi connectivity index (χ3n) is 4.05. The highest BCUT2D eigenvalue weighted by molar-refractivity contribution is 6.05. The summed E-state index contributed by atoms with van der Waals surface area (Å²) in [6.07, 6.45) is -5.13. The van der Waals surface area contributed by atoms with E-state index in [1.165, 1.54) is 13.1 Å². The number of nitrogens with zero attached hydrogens (tertiary/aromatic N) is 3. The van der Waals surface area contributed by atoms with Gasteiger partial charge in [0.1, 0.15) is 5.70 Å². The van der Waals surface area contributed by atoms with Crippen LogP contribution >= 0.6 is 0 Å². The number of hydrogen-bond donors (Lipinski definition) is 2. The van der Waals surface area contributed by atoms with E-state index in [4.69, 9.17) is 0 Å². The normalized spacial score (nSPS) is 22.6. The molecule has 2 N–H and O–H groups in total. The first-order valence-electron chi connectivity index (χ1n) is 8.32. The zero-order valence-corrected chi connectivity index (χ0v) is 15.1. The smallest absolute Gasteiger partial charge is 0.341 e. The van der Waals surface area contributed by atoms with E-state index in [-0.39, 0.29) is 29.4 Å². The van der Waals surface area contributed by atoms with Crippen LogP contribution in [-0.2, 0) is 4.79 Å². The molecule has 6 nitrogen and oxygen atoms in total. The van der Waals surface area contributed by atoms with Crippen LogP contribution in [0.25, 0.3) is 0 Å². The van der Waals surface area contributed by atoms with Gasteiger partial charge in [-0.05, 0) is 26.8 Å². The van der Waals surface area contributed by atoms with E-state index in [9.17, 15) is 18.0 Å². The van der Waals surface area contributed by atoms with Gasteiger partial charge in [-0.1, -0.05) is 0 Å². The van der Waals surface area contributed by atoms with Gasteiger partial charge in [-0.2, -0.15) is 13.2 Å². The molecule has 2 heterocycles. The number of piperazine rings is 1. The molecule has 0 saturated carbocycles. The Morgan fingerprint density at radius 3 is 2.44 bits per heavy atom. The summed E-state index contributed by atoms with van der Waals surface area (Å²) >= 11 is 0. The number of halogens is 3. The summed E-state index contributed by atoms with van der Waals surface area (Å²) in [4.78, 5) is 19.0. The Labute approximate surface area is 146 Å². The van der Waals surface area contributed by atoms with Gasteiger partial charge in [0.15, 0.2) is 0 Å². The van der Waals surface area contributed by atoms with E-state index < -0.39 is 12.3 Å². The minimum Gasteiger partial charge on any atom is -0.341 e. The van der Waals surface area contributed by atoms with E-state index in [0.29, 0.717) is 26.2 Å². The van der Waals surface area contributed by atoms with Crippen LogP contribution in [0.15, 0.2) is 16.8 Å². The van der Waals surface area contributed by atoms with Crippen molar-refractivity contribution in [3.63, 3.8) is 0 Å². The molecule has 142 valence electrons.